The van der Waals surface area contributed by atoms with Crippen LogP contribution in [0.25, 0.3) is 0 Å². The number of allylic oxidation sites excluding steroid dienone is 1. The van der Waals surface area contributed by atoms with Crippen LogP contribution in [0, 0.1) is 5.92 Å². The summed E-state index contributed by atoms with van der Waals surface area (Å²) in [5.74, 6) is -7.46. The van der Waals surface area contributed by atoms with Crippen LogP contribution in [0.4, 0.5) is 18.3 Å². The molecule has 0 spiro atoms. The maximum absolute atomic E-state index is 13.2. The number of carbonyl (C=O) groups excluding carboxylic acids is 6. The summed E-state index contributed by atoms with van der Waals surface area (Å²) < 4.78 is 47.8. The van der Waals surface area contributed by atoms with Crippen LogP contribution in [0.5, 0.6) is 5.88 Å². The van der Waals surface area contributed by atoms with Crippen LogP contribution in [0.15, 0.2) is 33.0 Å². The number of aromatic nitrogens is 1. The number of hydrogen-bond donors (Lipinski definition) is 3. The second kappa shape index (κ2) is 12.9. The van der Waals surface area contributed by atoms with Crippen molar-refractivity contribution in [2.24, 2.45) is 11.1 Å². The number of esters is 3. The SMILES string of the molecule is Nc1nc(OC(=O)CO/N=C\C(=O)N[C@@H]2C(=O)N3C(C(=O)OC(=O)C(F)(F)F)=C(/C(CC4CC4)=C4\CCNC4=O)CS[C@H]23)cs1. The van der Waals surface area contributed by atoms with Gasteiger partial charge in [-0.3, -0.25) is 19.3 Å². The van der Waals surface area contributed by atoms with Crippen molar-refractivity contribution in [2.45, 2.75) is 43.3 Å². The first kappa shape index (κ1) is 31.9. The zero-order chi connectivity index (χ0) is 32.5. The molecule has 45 heavy (non-hydrogen) atoms. The molecule has 15 nitrogen and oxygen atoms in total. The molecule has 5 rings (SSSR count). The summed E-state index contributed by atoms with van der Waals surface area (Å²) in [5.41, 5.74) is 5.73. The molecular formula is C25H23F3N6O9S2. The van der Waals surface area contributed by atoms with Gasteiger partial charge < -0.3 is 30.7 Å². The van der Waals surface area contributed by atoms with Crippen LogP contribution in [-0.2, 0) is 38.3 Å². The molecule has 1 aliphatic carbocycles. The van der Waals surface area contributed by atoms with Gasteiger partial charge >= 0.3 is 24.1 Å². The van der Waals surface area contributed by atoms with E-state index in [2.05, 4.69) is 25.5 Å². The Hall–Kier alpha value is -4.46. The Morgan fingerprint density at radius 2 is 2.00 bits per heavy atom. The van der Waals surface area contributed by atoms with Crippen molar-refractivity contribution >= 4 is 70.1 Å². The maximum Gasteiger partial charge on any atom is 0.491 e. The summed E-state index contributed by atoms with van der Waals surface area (Å²) in [5, 5.41) is 8.95. The number of carbonyl (C=O) groups is 6. The number of thioether (sulfide) groups is 1. The number of nitrogens with two attached hydrogens (primary N) is 1. The number of halogens is 3. The van der Waals surface area contributed by atoms with E-state index >= 15 is 0 Å². The van der Waals surface area contributed by atoms with E-state index in [-0.39, 0.29) is 28.3 Å². The molecule has 240 valence electrons. The van der Waals surface area contributed by atoms with Gasteiger partial charge in [-0.1, -0.05) is 5.16 Å². The van der Waals surface area contributed by atoms with Crippen molar-refractivity contribution in [2.75, 3.05) is 24.6 Å². The van der Waals surface area contributed by atoms with Gasteiger partial charge in [0.25, 0.3) is 11.8 Å². The van der Waals surface area contributed by atoms with E-state index in [0.717, 1.165) is 40.8 Å². The first-order valence-electron chi connectivity index (χ1n) is 13.2. The Morgan fingerprint density at radius 3 is 2.62 bits per heavy atom. The van der Waals surface area contributed by atoms with Crippen LogP contribution < -0.4 is 21.1 Å². The van der Waals surface area contributed by atoms with Crippen molar-refractivity contribution < 1.29 is 56.2 Å². The number of β-lactam (4-membered cyclic amide) rings is 1. The van der Waals surface area contributed by atoms with Gasteiger partial charge in [-0.15, -0.1) is 23.1 Å². The first-order chi connectivity index (χ1) is 21.3. The average Bonchev–Trinajstić information content (AvgIpc) is 3.56. The minimum absolute atomic E-state index is 0.0335. The highest BCUT2D eigenvalue weighted by atomic mass is 32.2. The van der Waals surface area contributed by atoms with Gasteiger partial charge in [0.2, 0.25) is 18.4 Å². The molecule has 1 saturated carbocycles. The number of nitrogens with zero attached hydrogens (tertiary/aromatic N) is 3. The lowest BCUT2D eigenvalue weighted by Gasteiger charge is -2.49. The number of nitrogens with one attached hydrogen (secondary N) is 2. The summed E-state index contributed by atoms with van der Waals surface area (Å²) in [6, 6.07) is -1.24. The molecule has 4 N–H and O–H groups in total. The van der Waals surface area contributed by atoms with Crippen LogP contribution in [-0.4, -0.2) is 88.2 Å². The highest BCUT2D eigenvalue weighted by molar-refractivity contribution is 8.00. The smallest absolute Gasteiger partial charge is 0.404 e. The third-order valence-electron chi connectivity index (χ3n) is 6.88. The lowest BCUT2D eigenvalue weighted by molar-refractivity contribution is -0.201. The predicted octanol–water partition coefficient (Wildman–Crippen LogP) is 0.536. The number of hydrogen-bond acceptors (Lipinski definition) is 14. The van der Waals surface area contributed by atoms with Gasteiger partial charge in [0.15, 0.2) is 5.13 Å². The number of ether oxygens (including phenoxy) is 2. The fourth-order valence-corrected chi connectivity index (χ4v) is 6.56. The van der Waals surface area contributed by atoms with Crippen molar-refractivity contribution in [1.29, 1.82) is 0 Å². The zero-order valence-corrected chi connectivity index (χ0v) is 24.5. The second-order valence-electron chi connectivity index (χ2n) is 10.0. The maximum atomic E-state index is 13.2. The molecule has 3 amide bonds. The van der Waals surface area contributed by atoms with Gasteiger partial charge in [-0.2, -0.15) is 18.2 Å². The predicted molar refractivity (Wildman–Crippen MR) is 148 cm³/mol. The fourth-order valence-electron chi connectivity index (χ4n) is 4.71. The number of thiazole rings is 1. The van der Waals surface area contributed by atoms with E-state index in [0.29, 0.717) is 36.7 Å². The molecular weight excluding hydrogens is 649 g/mol. The number of fused-ring (bicyclic) bond motifs is 1. The molecule has 3 fully saturated rings. The van der Waals surface area contributed by atoms with Crippen molar-refractivity contribution in [3.05, 3.63) is 27.8 Å². The van der Waals surface area contributed by atoms with Crippen LogP contribution in [0.3, 0.4) is 0 Å². The van der Waals surface area contributed by atoms with E-state index in [1.807, 2.05) is 0 Å². The number of amides is 3. The Balaban J connectivity index is 1.30. The third-order valence-corrected chi connectivity index (χ3v) is 8.81. The van der Waals surface area contributed by atoms with E-state index in [4.69, 9.17) is 15.3 Å². The Kier molecular flexibility index (Phi) is 9.14. The van der Waals surface area contributed by atoms with Crippen LogP contribution in [0.2, 0.25) is 0 Å². The summed E-state index contributed by atoms with van der Waals surface area (Å²) in [4.78, 5) is 83.9. The molecule has 4 heterocycles. The topological polar surface area (TPSA) is 209 Å². The zero-order valence-electron chi connectivity index (χ0n) is 22.9. The molecule has 2 atom stereocenters. The van der Waals surface area contributed by atoms with E-state index in [9.17, 15) is 41.9 Å². The minimum Gasteiger partial charge on any atom is -0.404 e. The van der Waals surface area contributed by atoms with Gasteiger partial charge in [0.1, 0.15) is 23.3 Å². The number of rotatable bonds is 10. The fraction of sp³-hybridized carbons (Fsp3) is 0.440. The summed E-state index contributed by atoms with van der Waals surface area (Å²) >= 11 is 2.14. The molecule has 0 aromatic carbocycles. The lowest BCUT2D eigenvalue weighted by atomic mass is 9.91. The standard InChI is InChI=1S/C25H23F3N6O9S2/c26-25(27,28)23(40)43-22(39)18-13(12(5-10-1-2-10)11-3-4-30-19(11)37)8-44-21-17(20(38)34(18)21)32-14(35)6-31-41-7-16(36)42-15-9-45-24(29)33-15/h6,9-10,17,21H,1-5,7-8H2,(H2,29,33)(H,30,37)(H,32,35)/b12-11+,31-6-/t17-,21-/m1/s1. The number of oxime groups is 1. The van der Waals surface area contributed by atoms with Crippen LogP contribution in [0.1, 0.15) is 25.7 Å². The summed E-state index contributed by atoms with van der Waals surface area (Å²) in [7, 11) is 0. The molecule has 1 aromatic rings. The minimum atomic E-state index is -5.48. The quantitative estimate of drug-likeness (QED) is 0.0777. The largest absolute Gasteiger partial charge is 0.491 e. The van der Waals surface area contributed by atoms with E-state index < -0.39 is 65.5 Å². The molecule has 4 aliphatic rings. The average molecular weight is 673 g/mol. The number of alkyl halides is 3. The van der Waals surface area contributed by atoms with Crippen molar-refractivity contribution in [1.82, 2.24) is 20.5 Å². The van der Waals surface area contributed by atoms with Crippen molar-refractivity contribution in [3.8, 4) is 5.88 Å². The lowest BCUT2D eigenvalue weighted by Crippen LogP contribution is -2.70. The van der Waals surface area contributed by atoms with Gasteiger partial charge in [-0.05, 0) is 42.7 Å². The highest BCUT2D eigenvalue weighted by Crippen LogP contribution is 2.47. The summed E-state index contributed by atoms with van der Waals surface area (Å²) in [6.07, 6.45) is -2.52. The van der Waals surface area contributed by atoms with Crippen molar-refractivity contribution in [3.63, 3.8) is 0 Å². The molecule has 0 bridgehead atoms. The third kappa shape index (κ3) is 7.27. The molecule has 1 aromatic heterocycles. The molecule has 20 heteroatoms. The van der Waals surface area contributed by atoms with Gasteiger partial charge in [0, 0.05) is 17.9 Å². The molecule has 0 radical (unpaired) electrons. The number of anilines is 1. The molecule has 3 aliphatic heterocycles. The van der Waals surface area contributed by atoms with Crippen LogP contribution >= 0.6 is 23.1 Å². The van der Waals surface area contributed by atoms with E-state index in [1.54, 1.807) is 0 Å². The molecule has 2 saturated heterocycles. The second-order valence-corrected chi connectivity index (χ2v) is 12.0. The van der Waals surface area contributed by atoms with Gasteiger partial charge in [0.05, 0.1) is 5.38 Å². The van der Waals surface area contributed by atoms with E-state index in [1.165, 1.54) is 5.38 Å². The molecule has 0 unspecified atom stereocenters. The first-order valence-corrected chi connectivity index (χ1v) is 15.2. The Labute approximate surface area is 259 Å². The highest BCUT2D eigenvalue weighted by Gasteiger charge is 2.56. The Morgan fingerprint density at radius 1 is 1.24 bits per heavy atom. The Bertz CT molecular complexity index is 1550. The normalized spacial score (nSPS) is 22.4. The monoisotopic (exact) mass is 672 g/mol. The van der Waals surface area contributed by atoms with Gasteiger partial charge in [-0.25, -0.2) is 14.4 Å². The summed E-state index contributed by atoms with van der Waals surface area (Å²) in [6.45, 7) is -0.371. The number of nitrogen functional groups attached to an aromatic ring is 1.